The monoisotopic (exact) mass is 330 g/mol. The summed E-state index contributed by atoms with van der Waals surface area (Å²) in [6.45, 7) is 3.81. The molecule has 84 valence electrons. The predicted molar refractivity (Wildman–Crippen MR) is 69.0 cm³/mol. The van der Waals surface area contributed by atoms with Gasteiger partial charge in [0.1, 0.15) is 5.65 Å². The van der Waals surface area contributed by atoms with Crippen LogP contribution in [0.1, 0.15) is 28.7 Å². The van der Waals surface area contributed by atoms with Gasteiger partial charge in [0, 0.05) is 9.77 Å². The number of aryl methyl sites for hydroxylation is 2. The first kappa shape index (κ1) is 11.4. The summed E-state index contributed by atoms with van der Waals surface area (Å²) in [6.07, 6.45) is 2.75. The summed E-state index contributed by atoms with van der Waals surface area (Å²) < 4.78 is 2.93. The molecule has 0 fully saturated rings. The van der Waals surface area contributed by atoms with E-state index in [0.29, 0.717) is 5.69 Å². The van der Waals surface area contributed by atoms with E-state index in [1.165, 1.54) is 0 Å². The minimum absolute atomic E-state index is 0.136. The fourth-order valence-electron chi connectivity index (χ4n) is 1.75. The van der Waals surface area contributed by atoms with Crippen LogP contribution in [0, 0.1) is 10.5 Å². The first-order valence-corrected chi connectivity index (χ1v) is 6.02. The van der Waals surface area contributed by atoms with Crippen LogP contribution < -0.4 is 0 Å². The Balaban J connectivity index is 2.85. The van der Waals surface area contributed by atoms with E-state index in [1.807, 2.05) is 23.6 Å². The van der Waals surface area contributed by atoms with Crippen LogP contribution in [0.2, 0.25) is 0 Å². The van der Waals surface area contributed by atoms with Gasteiger partial charge >= 0.3 is 5.97 Å². The number of hydrogen-bond donors (Lipinski definition) is 1. The molecule has 0 saturated heterocycles. The summed E-state index contributed by atoms with van der Waals surface area (Å²) in [5.41, 5.74) is 2.63. The zero-order valence-electron chi connectivity index (χ0n) is 8.99. The van der Waals surface area contributed by atoms with E-state index in [0.717, 1.165) is 21.2 Å². The molecule has 0 aromatic carbocycles. The van der Waals surface area contributed by atoms with Gasteiger partial charge in [-0.2, -0.15) is 0 Å². The second-order valence-electron chi connectivity index (χ2n) is 3.58. The van der Waals surface area contributed by atoms with Crippen LogP contribution in [0.5, 0.6) is 0 Å². The number of pyridine rings is 1. The standard InChI is InChI=1S/C11H11IN2O2/c1-3-7-4-8(12)5-14-6(2)9(11(15)16)13-10(7)14/h4-5H,3H2,1-2H3,(H,15,16). The summed E-state index contributed by atoms with van der Waals surface area (Å²) in [7, 11) is 0. The number of hydrogen-bond acceptors (Lipinski definition) is 2. The highest BCUT2D eigenvalue weighted by molar-refractivity contribution is 14.1. The van der Waals surface area contributed by atoms with Gasteiger partial charge in [0.2, 0.25) is 0 Å². The molecular formula is C11H11IN2O2. The molecule has 16 heavy (non-hydrogen) atoms. The predicted octanol–water partition coefficient (Wildman–Crippen LogP) is 2.51. The van der Waals surface area contributed by atoms with Gasteiger partial charge in [0.25, 0.3) is 0 Å². The molecule has 2 aromatic heterocycles. The SMILES string of the molecule is CCc1cc(I)cn2c(C)c(C(=O)O)nc12. The normalized spacial score (nSPS) is 10.9. The van der Waals surface area contributed by atoms with E-state index < -0.39 is 5.97 Å². The van der Waals surface area contributed by atoms with Crippen LogP contribution in [0.25, 0.3) is 5.65 Å². The smallest absolute Gasteiger partial charge is 0.356 e. The van der Waals surface area contributed by atoms with Crippen LogP contribution >= 0.6 is 22.6 Å². The third kappa shape index (κ3) is 1.68. The van der Waals surface area contributed by atoms with Crippen LogP contribution in [-0.4, -0.2) is 20.5 Å². The molecule has 0 aliphatic rings. The Morgan fingerprint density at radius 2 is 2.31 bits per heavy atom. The van der Waals surface area contributed by atoms with Gasteiger partial charge in [0.05, 0.1) is 5.69 Å². The topological polar surface area (TPSA) is 54.6 Å². The van der Waals surface area contributed by atoms with Crippen LogP contribution in [-0.2, 0) is 6.42 Å². The van der Waals surface area contributed by atoms with Crippen molar-refractivity contribution in [3.05, 3.63) is 32.8 Å². The molecule has 0 spiro atoms. The highest BCUT2D eigenvalue weighted by Gasteiger charge is 2.16. The second kappa shape index (κ2) is 4.04. The lowest BCUT2D eigenvalue weighted by Crippen LogP contribution is -1.99. The number of carbonyl (C=O) groups is 1. The van der Waals surface area contributed by atoms with E-state index >= 15 is 0 Å². The Morgan fingerprint density at radius 3 is 2.88 bits per heavy atom. The average molecular weight is 330 g/mol. The molecule has 0 aliphatic carbocycles. The molecular weight excluding hydrogens is 319 g/mol. The summed E-state index contributed by atoms with van der Waals surface area (Å²) in [5.74, 6) is -0.974. The summed E-state index contributed by atoms with van der Waals surface area (Å²) in [5, 5.41) is 9.02. The molecule has 5 heteroatoms. The Bertz CT molecular complexity index is 575. The first-order chi connectivity index (χ1) is 7.54. The van der Waals surface area contributed by atoms with Crippen molar-refractivity contribution >= 4 is 34.2 Å². The van der Waals surface area contributed by atoms with Crippen molar-refractivity contribution in [1.29, 1.82) is 0 Å². The number of carboxylic acid groups (broad SMARTS) is 1. The van der Waals surface area contributed by atoms with Crippen molar-refractivity contribution in [2.45, 2.75) is 20.3 Å². The number of aromatic carboxylic acids is 1. The maximum absolute atomic E-state index is 11.0. The summed E-state index contributed by atoms with van der Waals surface area (Å²) in [4.78, 5) is 15.2. The van der Waals surface area contributed by atoms with Gasteiger partial charge < -0.3 is 9.51 Å². The maximum atomic E-state index is 11.0. The molecule has 0 radical (unpaired) electrons. The minimum Gasteiger partial charge on any atom is -0.476 e. The van der Waals surface area contributed by atoms with Crippen molar-refractivity contribution < 1.29 is 9.90 Å². The van der Waals surface area contributed by atoms with Crippen molar-refractivity contribution in [3.63, 3.8) is 0 Å². The number of halogens is 1. The van der Waals surface area contributed by atoms with Gasteiger partial charge in [-0.15, -0.1) is 0 Å². The lowest BCUT2D eigenvalue weighted by atomic mass is 10.2. The Labute approximate surface area is 106 Å². The molecule has 1 N–H and O–H groups in total. The second-order valence-corrected chi connectivity index (χ2v) is 4.83. The average Bonchev–Trinajstić information content (AvgIpc) is 2.55. The van der Waals surface area contributed by atoms with E-state index in [-0.39, 0.29) is 5.69 Å². The third-order valence-electron chi connectivity index (χ3n) is 2.59. The van der Waals surface area contributed by atoms with E-state index in [2.05, 4.69) is 27.6 Å². The molecule has 2 aromatic rings. The summed E-state index contributed by atoms with van der Waals surface area (Å²) in [6, 6.07) is 2.04. The number of rotatable bonds is 2. The van der Waals surface area contributed by atoms with Crippen molar-refractivity contribution in [1.82, 2.24) is 9.38 Å². The lowest BCUT2D eigenvalue weighted by molar-refractivity contribution is 0.0690. The Morgan fingerprint density at radius 1 is 1.62 bits per heavy atom. The molecule has 0 unspecified atom stereocenters. The van der Waals surface area contributed by atoms with Crippen molar-refractivity contribution in [2.75, 3.05) is 0 Å². The fraction of sp³-hybridized carbons (Fsp3) is 0.273. The van der Waals surface area contributed by atoms with Crippen molar-refractivity contribution in [3.8, 4) is 0 Å². The molecule has 2 rings (SSSR count). The third-order valence-corrected chi connectivity index (χ3v) is 3.18. The zero-order chi connectivity index (χ0) is 11.9. The molecule has 0 atom stereocenters. The number of fused-ring (bicyclic) bond motifs is 1. The van der Waals surface area contributed by atoms with Gasteiger partial charge in [-0.25, -0.2) is 9.78 Å². The first-order valence-electron chi connectivity index (χ1n) is 4.95. The van der Waals surface area contributed by atoms with Gasteiger partial charge in [-0.05, 0) is 47.6 Å². The highest BCUT2D eigenvalue weighted by Crippen LogP contribution is 2.19. The highest BCUT2D eigenvalue weighted by atomic mass is 127. The molecule has 4 nitrogen and oxygen atoms in total. The molecule has 0 amide bonds. The molecule has 2 heterocycles. The van der Waals surface area contributed by atoms with Crippen LogP contribution in [0.3, 0.4) is 0 Å². The number of imidazole rings is 1. The number of carboxylic acids is 1. The van der Waals surface area contributed by atoms with Gasteiger partial charge in [0.15, 0.2) is 5.69 Å². The van der Waals surface area contributed by atoms with E-state index in [9.17, 15) is 4.79 Å². The van der Waals surface area contributed by atoms with Gasteiger partial charge in [-0.3, -0.25) is 0 Å². The van der Waals surface area contributed by atoms with Crippen LogP contribution in [0.15, 0.2) is 12.3 Å². The summed E-state index contributed by atoms with van der Waals surface area (Å²) >= 11 is 2.22. The largest absolute Gasteiger partial charge is 0.476 e. The maximum Gasteiger partial charge on any atom is 0.356 e. The van der Waals surface area contributed by atoms with E-state index in [4.69, 9.17) is 5.11 Å². The molecule has 0 aliphatic heterocycles. The van der Waals surface area contributed by atoms with E-state index in [1.54, 1.807) is 6.92 Å². The minimum atomic E-state index is -0.974. The lowest BCUT2D eigenvalue weighted by Gasteiger charge is -2.02. The van der Waals surface area contributed by atoms with Crippen LogP contribution in [0.4, 0.5) is 0 Å². The molecule has 0 saturated carbocycles. The van der Waals surface area contributed by atoms with Crippen molar-refractivity contribution in [2.24, 2.45) is 0 Å². The Kier molecular flexibility index (Phi) is 2.88. The van der Waals surface area contributed by atoms with Gasteiger partial charge in [-0.1, -0.05) is 6.92 Å². The number of nitrogens with zero attached hydrogens (tertiary/aromatic N) is 2. The fourth-order valence-corrected chi connectivity index (χ4v) is 2.41. The number of aromatic nitrogens is 2. The quantitative estimate of drug-likeness (QED) is 0.861. The molecule has 0 bridgehead atoms. The Hall–Kier alpha value is -1.11. The zero-order valence-corrected chi connectivity index (χ0v) is 11.1.